The lowest BCUT2D eigenvalue weighted by Gasteiger charge is -2.37. The van der Waals surface area contributed by atoms with Gasteiger partial charge in [-0.25, -0.2) is 0 Å². The standard InChI is InChI=1S/C17H24N2O2/c1-12-8-9-13(11-18-12)17(21)19-10-4-6-15(19)14-5-2-3-7-16(14)20/h8-9,11,14-16,20H,2-7,10H2,1H3. The second-order valence-corrected chi connectivity index (χ2v) is 6.41. The number of hydrogen-bond donors (Lipinski definition) is 1. The Hall–Kier alpha value is -1.42. The maximum atomic E-state index is 12.7. The lowest BCUT2D eigenvalue weighted by atomic mass is 9.80. The van der Waals surface area contributed by atoms with Crippen LogP contribution >= 0.6 is 0 Å². The van der Waals surface area contributed by atoms with Gasteiger partial charge in [0, 0.05) is 30.4 Å². The molecule has 4 nitrogen and oxygen atoms in total. The average Bonchev–Trinajstić information content (AvgIpc) is 2.97. The largest absolute Gasteiger partial charge is 0.393 e. The van der Waals surface area contributed by atoms with Crippen LogP contribution in [0, 0.1) is 12.8 Å². The van der Waals surface area contributed by atoms with E-state index in [9.17, 15) is 9.90 Å². The molecule has 2 heterocycles. The Labute approximate surface area is 126 Å². The van der Waals surface area contributed by atoms with Gasteiger partial charge in [0.05, 0.1) is 11.7 Å². The van der Waals surface area contributed by atoms with Crippen molar-refractivity contribution in [2.24, 2.45) is 5.92 Å². The number of aromatic nitrogens is 1. The summed E-state index contributed by atoms with van der Waals surface area (Å²) in [6.07, 6.45) is 7.70. The number of aryl methyl sites for hydroxylation is 1. The third-order valence-corrected chi connectivity index (χ3v) is 4.99. The maximum Gasteiger partial charge on any atom is 0.255 e. The van der Waals surface area contributed by atoms with Crippen LogP contribution in [0.4, 0.5) is 0 Å². The van der Waals surface area contributed by atoms with E-state index in [1.807, 2.05) is 24.0 Å². The SMILES string of the molecule is Cc1ccc(C(=O)N2CCCC2C2CCCCC2O)cn1. The van der Waals surface area contributed by atoms with Gasteiger partial charge in [0.15, 0.2) is 0 Å². The van der Waals surface area contributed by atoms with Gasteiger partial charge in [0.2, 0.25) is 0 Å². The highest BCUT2D eigenvalue weighted by atomic mass is 16.3. The van der Waals surface area contributed by atoms with Crippen molar-refractivity contribution in [3.63, 3.8) is 0 Å². The van der Waals surface area contributed by atoms with Crippen LogP contribution in [0.25, 0.3) is 0 Å². The highest BCUT2D eigenvalue weighted by molar-refractivity contribution is 5.94. The molecule has 1 N–H and O–H groups in total. The molecule has 2 fully saturated rings. The summed E-state index contributed by atoms with van der Waals surface area (Å²) in [4.78, 5) is 18.9. The zero-order valence-corrected chi connectivity index (χ0v) is 12.7. The minimum Gasteiger partial charge on any atom is -0.393 e. The zero-order chi connectivity index (χ0) is 14.8. The van der Waals surface area contributed by atoms with Crippen LogP contribution in [0.5, 0.6) is 0 Å². The van der Waals surface area contributed by atoms with E-state index in [-0.39, 0.29) is 24.0 Å². The fourth-order valence-corrected chi connectivity index (χ4v) is 3.84. The van der Waals surface area contributed by atoms with Crippen LogP contribution in [0.3, 0.4) is 0 Å². The molecule has 1 aromatic rings. The first-order valence-electron chi connectivity index (χ1n) is 8.08. The minimum absolute atomic E-state index is 0.0720. The number of aliphatic hydroxyl groups is 1. The van der Waals surface area contributed by atoms with Crippen molar-refractivity contribution in [1.82, 2.24) is 9.88 Å². The number of hydrogen-bond acceptors (Lipinski definition) is 3. The summed E-state index contributed by atoms with van der Waals surface area (Å²) in [6, 6.07) is 3.94. The second kappa shape index (κ2) is 6.14. The predicted octanol–water partition coefficient (Wildman–Crippen LogP) is 2.55. The van der Waals surface area contributed by atoms with E-state index in [1.165, 1.54) is 6.42 Å². The summed E-state index contributed by atoms with van der Waals surface area (Å²) >= 11 is 0. The fourth-order valence-electron chi connectivity index (χ4n) is 3.84. The third kappa shape index (κ3) is 2.95. The predicted molar refractivity (Wildman–Crippen MR) is 81.0 cm³/mol. The van der Waals surface area contributed by atoms with E-state index in [2.05, 4.69) is 4.98 Å². The molecule has 3 rings (SSSR count). The van der Waals surface area contributed by atoms with E-state index < -0.39 is 0 Å². The van der Waals surface area contributed by atoms with Crippen molar-refractivity contribution in [2.75, 3.05) is 6.54 Å². The molecule has 4 heteroatoms. The summed E-state index contributed by atoms with van der Waals surface area (Å²) in [7, 11) is 0. The van der Waals surface area contributed by atoms with Gasteiger partial charge in [0.25, 0.3) is 5.91 Å². The number of nitrogens with zero attached hydrogens (tertiary/aromatic N) is 2. The normalized spacial score (nSPS) is 29.6. The number of pyridine rings is 1. The minimum atomic E-state index is -0.242. The van der Waals surface area contributed by atoms with Crippen LogP contribution in [0.1, 0.15) is 54.6 Å². The highest BCUT2D eigenvalue weighted by Crippen LogP contribution is 2.35. The number of rotatable bonds is 2. The molecule has 0 bridgehead atoms. The first kappa shape index (κ1) is 14.5. The highest BCUT2D eigenvalue weighted by Gasteiger charge is 2.39. The quantitative estimate of drug-likeness (QED) is 0.910. The average molecular weight is 288 g/mol. The Morgan fingerprint density at radius 1 is 1.24 bits per heavy atom. The van der Waals surface area contributed by atoms with Crippen molar-refractivity contribution in [3.05, 3.63) is 29.6 Å². The topological polar surface area (TPSA) is 53.4 Å². The Morgan fingerprint density at radius 2 is 2.05 bits per heavy atom. The van der Waals surface area contributed by atoms with Crippen molar-refractivity contribution < 1.29 is 9.90 Å². The van der Waals surface area contributed by atoms with Crippen LogP contribution in [-0.2, 0) is 0 Å². The molecule has 1 aromatic heterocycles. The molecular weight excluding hydrogens is 264 g/mol. The monoisotopic (exact) mass is 288 g/mol. The number of amides is 1. The molecule has 0 spiro atoms. The lowest BCUT2D eigenvalue weighted by Crippen LogP contribution is -2.45. The molecule has 21 heavy (non-hydrogen) atoms. The van der Waals surface area contributed by atoms with Gasteiger partial charge in [-0.2, -0.15) is 0 Å². The van der Waals surface area contributed by atoms with Gasteiger partial charge in [-0.05, 0) is 44.7 Å². The smallest absolute Gasteiger partial charge is 0.255 e. The molecule has 0 aromatic carbocycles. The van der Waals surface area contributed by atoms with Gasteiger partial charge >= 0.3 is 0 Å². The van der Waals surface area contributed by atoms with Crippen molar-refractivity contribution in [3.8, 4) is 0 Å². The lowest BCUT2D eigenvalue weighted by molar-refractivity contribution is 0.0211. The van der Waals surface area contributed by atoms with Crippen LogP contribution in [0.15, 0.2) is 18.3 Å². The number of carbonyl (C=O) groups is 1. The van der Waals surface area contributed by atoms with Gasteiger partial charge in [-0.1, -0.05) is 12.8 Å². The molecule has 114 valence electrons. The van der Waals surface area contributed by atoms with Crippen molar-refractivity contribution in [2.45, 2.75) is 57.6 Å². The zero-order valence-electron chi connectivity index (χ0n) is 12.7. The summed E-state index contributed by atoms with van der Waals surface area (Å²) in [5, 5.41) is 10.3. The molecule has 3 unspecified atom stereocenters. The molecule has 1 saturated carbocycles. The van der Waals surface area contributed by atoms with Gasteiger partial charge < -0.3 is 10.0 Å². The molecular formula is C17H24N2O2. The third-order valence-electron chi connectivity index (χ3n) is 4.99. The molecule has 2 aliphatic rings. The molecule has 1 aliphatic heterocycles. The number of aliphatic hydroxyl groups excluding tert-OH is 1. The van der Waals surface area contributed by atoms with E-state index in [1.54, 1.807) is 6.20 Å². The first-order chi connectivity index (χ1) is 10.2. The Bertz CT molecular complexity index is 500. The van der Waals surface area contributed by atoms with Gasteiger partial charge in [0.1, 0.15) is 0 Å². The number of likely N-dealkylation sites (tertiary alicyclic amines) is 1. The van der Waals surface area contributed by atoms with Crippen molar-refractivity contribution >= 4 is 5.91 Å². The summed E-state index contributed by atoms with van der Waals surface area (Å²) in [5.41, 5.74) is 1.59. The summed E-state index contributed by atoms with van der Waals surface area (Å²) in [5.74, 6) is 0.325. The summed E-state index contributed by atoms with van der Waals surface area (Å²) in [6.45, 7) is 2.73. The van der Waals surface area contributed by atoms with Gasteiger partial charge in [-0.15, -0.1) is 0 Å². The Balaban J connectivity index is 1.76. The second-order valence-electron chi connectivity index (χ2n) is 6.41. The van der Waals surface area contributed by atoms with E-state index in [4.69, 9.17) is 0 Å². The van der Waals surface area contributed by atoms with E-state index in [0.29, 0.717) is 5.56 Å². The molecule has 0 radical (unpaired) electrons. The summed E-state index contributed by atoms with van der Waals surface area (Å²) < 4.78 is 0. The van der Waals surface area contributed by atoms with E-state index in [0.717, 1.165) is 44.3 Å². The maximum absolute atomic E-state index is 12.7. The van der Waals surface area contributed by atoms with Crippen molar-refractivity contribution in [1.29, 1.82) is 0 Å². The van der Waals surface area contributed by atoms with Crippen LogP contribution in [0.2, 0.25) is 0 Å². The first-order valence-corrected chi connectivity index (χ1v) is 8.08. The van der Waals surface area contributed by atoms with Crippen LogP contribution in [-0.4, -0.2) is 39.6 Å². The van der Waals surface area contributed by atoms with Gasteiger partial charge in [-0.3, -0.25) is 9.78 Å². The Kier molecular flexibility index (Phi) is 4.24. The van der Waals surface area contributed by atoms with E-state index >= 15 is 0 Å². The van der Waals surface area contributed by atoms with Crippen LogP contribution < -0.4 is 0 Å². The fraction of sp³-hybridized carbons (Fsp3) is 0.647. The Morgan fingerprint density at radius 3 is 2.76 bits per heavy atom. The molecule has 1 saturated heterocycles. The molecule has 3 atom stereocenters. The molecule has 1 aliphatic carbocycles. The molecule has 1 amide bonds. The number of carbonyl (C=O) groups excluding carboxylic acids is 1.